The van der Waals surface area contributed by atoms with Crippen LogP contribution in [0.1, 0.15) is 11.1 Å². The maximum Gasteiger partial charge on any atom is 0.184 e. The van der Waals surface area contributed by atoms with Crippen molar-refractivity contribution >= 4 is 46.7 Å². The minimum Gasteiger partial charge on any atom is -0.489 e. The molecule has 0 saturated carbocycles. The van der Waals surface area contributed by atoms with E-state index in [-0.39, 0.29) is 5.11 Å². The Labute approximate surface area is 143 Å². The summed E-state index contributed by atoms with van der Waals surface area (Å²) in [5.74, 6) is 0.699. The highest BCUT2D eigenvalue weighted by molar-refractivity contribution is 7.80. The first-order valence-electron chi connectivity index (χ1n) is 6.30. The van der Waals surface area contributed by atoms with E-state index >= 15 is 0 Å². The number of halogens is 2. The van der Waals surface area contributed by atoms with Crippen LogP contribution in [0.4, 0.5) is 0 Å². The zero-order valence-corrected chi connectivity index (χ0v) is 13.8. The summed E-state index contributed by atoms with van der Waals surface area (Å²) in [4.78, 5) is 0. The molecule has 0 unspecified atom stereocenters. The molecule has 0 heterocycles. The third-order valence-electron chi connectivity index (χ3n) is 2.66. The van der Waals surface area contributed by atoms with Crippen LogP contribution >= 0.6 is 35.4 Å². The van der Waals surface area contributed by atoms with Crippen LogP contribution in [0, 0.1) is 0 Å². The molecule has 0 saturated heterocycles. The quantitative estimate of drug-likeness (QED) is 0.488. The lowest BCUT2D eigenvalue weighted by molar-refractivity contribution is 0.306. The van der Waals surface area contributed by atoms with E-state index in [0.29, 0.717) is 22.4 Å². The van der Waals surface area contributed by atoms with Crippen molar-refractivity contribution in [1.29, 1.82) is 0 Å². The molecule has 0 aliphatic carbocycles. The highest BCUT2D eigenvalue weighted by atomic mass is 35.5. The standard InChI is InChI=1S/C15H13Cl2N3OS/c16-12-5-4-11(14(17)7-12)9-21-13-3-1-2-10(6-13)8-19-20-15(18)22/h1-8H,9H2,(H3,18,20,22)/b19-8-. The van der Waals surface area contributed by atoms with Gasteiger partial charge in [-0.2, -0.15) is 5.10 Å². The van der Waals surface area contributed by atoms with E-state index in [1.165, 1.54) is 0 Å². The summed E-state index contributed by atoms with van der Waals surface area (Å²) >= 11 is 16.6. The number of rotatable bonds is 5. The van der Waals surface area contributed by atoms with E-state index in [2.05, 4.69) is 22.7 Å². The van der Waals surface area contributed by atoms with E-state index < -0.39 is 0 Å². The highest BCUT2D eigenvalue weighted by Gasteiger charge is 2.03. The smallest absolute Gasteiger partial charge is 0.184 e. The van der Waals surface area contributed by atoms with Gasteiger partial charge in [0.25, 0.3) is 0 Å². The molecule has 3 N–H and O–H groups in total. The predicted octanol–water partition coefficient (Wildman–Crippen LogP) is 3.74. The molecule has 22 heavy (non-hydrogen) atoms. The van der Waals surface area contributed by atoms with Gasteiger partial charge in [-0.25, -0.2) is 0 Å². The Kier molecular flexibility index (Phi) is 6.00. The summed E-state index contributed by atoms with van der Waals surface area (Å²) in [5, 5.41) is 5.17. The predicted molar refractivity (Wildman–Crippen MR) is 94.8 cm³/mol. The average molecular weight is 354 g/mol. The Morgan fingerprint density at radius 3 is 2.82 bits per heavy atom. The molecule has 2 aromatic carbocycles. The molecule has 7 heteroatoms. The minimum atomic E-state index is 0.112. The van der Waals surface area contributed by atoms with Gasteiger partial charge in [0.05, 0.1) is 6.21 Å². The molecule has 4 nitrogen and oxygen atoms in total. The maximum atomic E-state index is 6.11. The number of nitrogens with two attached hydrogens (primary N) is 1. The monoisotopic (exact) mass is 353 g/mol. The zero-order valence-electron chi connectivity index (χ0n) is 11.4. The number of thiocarbonyl (C=S) groups is 1. The summed E-state index contributed by atoms with van der Waals surface area (Å²) in [6, 6.07) is 12.7. The SMILES string of the molecule is NC(=S)N/N=C\c1cccc(OCc2ccc(Cl)cc2Cl)c1. The molecule has 2 rings (SSSR count). The minimum absolute atomic E-state index is 0.112. The summed E-state index contributed by atoms with van der Waals surface area (Å²) < 4.78 is 5.72. The summed E-state index contributed by atoms with van der Waals surface area (Å²) in [5.41, 5.74) is 9.49. The van der Waals surface area contributed by atoms with Crippen LogP contribution in [-0.2, 0) is 6.61 Å². The van der Waals surface area contributed by atoms with Gasteiger partial charge in [0, 0.05) is 15.6 Å². The van der Waals surface area contributed by atoms with Gasteiger partial charge < -0.3 is 10.5 Å². The van der Waals surface area contributed by atoms with Crippen molar-refractivity contribution in [3.63, 3.8) is 0 Å². The van der Waals surface area contributed by atoms with Crippen LogP contribution in [0.15, 0.2) is 47.6 Å². The number of nitrogens with zero attached hydrogens (tertiary/aromatic N) is 1. The third-order valence-corrected chi connectivity index (χ3v) is 3.33. The van der Waals surface area contributed by atoms with Gasteiger partial charge in [-0.3, -0.25) is 5.43 Å². The van der Waals surface area contributed by atoms with Crippen molar-refractivity contribution in [3.05, 3.63) is 63.6 Å². The average Bonchev–Trinajstić information content (AvgIpc) is 2.46. The Balaban J connectivity index is 2.01. The van der Waals surface area contributed by atoms with Crippen LogP contribution < -0.4 is 15.9 Å². The number of hydrogen-bond donors (Lipinski definition) is 2. The maximum absolute atomic E-state index is 6.11. The number of hydrazone groups is 1. The van der Waals surface area contributed by atoms with Gasteiger partial charge in [0.2, 0.25) is 0 Å². The molecule has 114 valence electrons. The number of hydrogen-bond acceptors (Lipinski definition) is 3. The number of benzene rings is 2. The van der Waals surface area contributed by atoms with Gasteiger partial charge in [-0.1, -0.05) is 41.4 Å². The van der Waals surface area contributed by atoms with E-state index in [4.69, 9.17) is 33.7 Å². The molecule has 0 aromatic heterocycles. The molecule has 2 aromatic rings. The van der Waals surface area contributed by atoms with Crippen molar-refractivity contribution in [3.8, 4) is 5.75 Å². The zero-order chi connectivity index (χ0) is 15.9. The lowest BCUT2D eigenvalue weighted by Gasteiger charge is -2.08. The molecular weight excluding hydrogens is 341 g/mol. The van der Waals surface area contributed by atoms with Crippen LogP contribution in [0.2, 0.25) is 10.0 Å². The topological polar surface area (TPSA) is 59.6 Å². The molecule has 0 aliphatic heterocycles. The molecule has 0 atom stereocenters. The van der Waals surface area contributed by atoms with Crippen molar-refractivity contribution in [2.75, 3.05) is 0 Å². The van der Waals surface area contributed by atoms with Crippen LogP contribution in [0.5, 0.6) is 5.75 Å². The third kappa shape index (κ3) is 5.18. The number of nitrogens with one attached hydrogen (secondary N) is 1. The molecule has 0 spiro atoms. The second kappa shape index (κ2) is 7.98. The van der Waals surface area contributed by atoms with Gasteiger partial charge in [-0.15, -0.1) is 0 Å². The van der Waals surface area contributed by atoms with Crippen LogP contribution in [-0.4, -0.2) is 11.3 Å². The Morgan fingerprint density at radius 2 is 2.09 bits per heavy atom. The Bertz CT molecular complexity index is 707. The second-order valence-electron chi connectivity index (χ2n) is 4.33. The van der Waals surface area contributed by atoms with E-state index in [0.717, 1.165) is 11.1 Å². The largest absolute Gasteiger partial charge is 0.489 e. The van der Waals surface area contributed by atoms with E-state index in [1.54, 1.807) is 18.3 Å². The van der Waals surface area contributed by atoms with Crippen molar-refractivity contribution in [1.82, 2.24) is 5.43 Å². The Hall–Kier alpha value is -1.82. The normalized spacial score (nSPS) is 10.6. The first-order chi connectivity index (χ1) is 10.5. The first kappa shape index (κ1) is 16.5. The lowest BCUT2D eigenvalue weighted by atomic mass is 10.2. The fourth-order valence-corrected chi connectivity index (χ4v) is 2.17. The van der Waals surface area contributed by atoms with Crippen LogP contribution in [0.3, 0.4) is 0 Å². The molecule has 0 bridgehead atoms. The number of ether oxygens (including phenoxy) is 1. The Morgan fingerprint density at radius 1 is 1.27 bits per heavy atom. The van der Waals surface area contributed by atoms with Gasteiger partial charge in [0.1, 0.15) is 12.4 Å². The van der Waals surface area contributed by atoms with Gasteiger partial charge >= 0.3 is 0 Å². The molecule has 0 amide bonds. The van der Waals surface area contributed by atoms with Gasteiger partial charge in [-0.05, 0) is 42.0 Å². The molecule has 0 fully saturated rings. The second-order valence-corrected chi connectivity index (χ2v) is 5.61. The molecule has 0 aliphatic rings. The highest BCUT2D eigenvalue weighted by Crippen LogP contribution is 2.22. The fourth-order valence-electron chi connectivity index (χ4n) is 1.65. The lowest BCUT2D eigenvalue weighted by Crippen LogP contribution is -2.23. The molecular formula is C15H13Cl2N3OS. The van der Waals surface area contributed by atoms with Crippen molar-refractivity contribution in [2.24, 2.45) is 10.8 Å². The van der Waals surface area contributed by atoms with Crippen molar-refractivity contribution in [2.45, 2.75) is 6.61 Å². The summed E-state index contributed by atoms with van der Waals surface area (Å²) in [6.07, 6.45) is 1.60. The first-order valence-corrected chi connectivity index (χ1v) is 7.46. The van der Waals surface area contributed by atoms with Crippen LogP contribution in [0.25, 0.3) is 0 Å². The van der Waals surface area contributed by atoms with Crippen molar-refractivity contribution < 1.29 is 4.74 Å². The molecule has 0 radical (unpaired) electrons. The summed E-state index contributed by atoms with van der Waals surface area (Å²) in [6.45, 7) is 0.349. The van der Waals surface area contributed by atoms with E-state index in [9.17, 15) is 0 Å². The van der Waals surface area contributed by atoms with E-state index in [1.807, 2.05) is 30.3 Å². The summed E-state index contributed by atoms with van der Waals surface area (Å²) in [7, 11) is 0. The van der Waals surface area contributed by atoms with Gasteiger partial charge in [0.15, 0.2) is 5.11 Å². The fraction of sp³-hybridized carbons (Fsp3) is 0.0667.